The van der Waals surface area contributed by atoms with Crippen LogP contribution in [-0.4, -0.2) is 111 Å². The molecule has 344 valence electrons. The van der Waals surface area contributed by atoms with Crippen LogP contribution >= 0.6 is 0 Å². The maximum atomic E-state index is 14.1. The summed E-state index contributed by atoms with van der Waals surface area (Å²) >= 11 is 0. The van der Waals surface area contributed by atoms with Gasteiger partial charge in [0.25, 0.3) is 5.91 Å². The van der Waals surface area contributed by atoms with Crippen molar-refractivity contribution in [3.8, 4) is 17.1 Å². The number of ether oxygens (including phenoxy) is 1. The summed E-state index contributed by atoms with van der Waals surface area (Å²) in [7, 11) is 1.90. The molecule has 4 bridgehead atoms. The first-order chi connectivity index (χ1) is 31.8. The smallest absolute Gasteiger partial charge is 0.258 e. The van der Waals surface area contributed by atoms with E-state index in [1.807, 2.05) is 59.0 Å². The van der Waals surface area contributed by atoms with Gasteiger partial charge in [-0.1, -0.05) is 6.07 Å². The quantitative estimate of drug-likeness (QED) is 0.212. The zero-order valence-corrected chi connectivity index (χ0v) is 38.6. The molecule has 5 aromatic rings. The van der Waals surface area contributed by atoms with Gasteiger partial charge < -0.3 is 19.1 Å². The molecule has 6 aliphatic rings. The average Bonchev–Trinajstić information content (AvgIpc) is 4.03. The summed E-state index contributed by atoms with van der Waals surface area (Å²) in [5.41, 5.74) is 8.61. The number of amides is 4. The molecule has 8 heterocycles. The molecule has 1 unspecified atom stereocenters. The van der Waals surface area contributed by atoms with Crippen molar-refractivity contribution in [1.29, 1.82) is 0 Å². The molecule has 2 N–H and O–H groups in total. The van der Waals surface area contributed by atoms with E-state index in [4.69, 9.17) is 14.7 Å². The summed E-state index contributed by atoms with van der Waals surface area (Å²) in [4.78, 5) is 72.0. The third-order valence-corrected chi connectivity index (χ3v) is 15.3. The largest absolute Gasteiger partial charge is 0.477 e. The molecule has 66 heavy (non-hydrogen) atoms. The van der Waals surface area contributed by atoms with Crippen molar-refractivity contribution < 1.29 is 23.9 Å². The molecular weight excluding hydrogens is 835 g/mol. The maximum absolute atomic E-state index is 14.1. The third kappa shape index (κ3) is 7.28. The predicted molar refractivity (Wildman–Crippen MR) is 252 cm³/mol. The second kappa shape index (κ2) is 16.2. The number of hydrogen-bond donors (Lipinski definition) is 2. The van der Waals surface area contributed by atoms with Gasteiger partial charge in [-0.25, -0.2) is 9.67 Å². The number of aryl methyl sites for hydroxylation is 3. The van der Waals surface area contributed by atoms with E-state index in [2.05, 4.69) is 59.3 Å². The molecule has 3 aromatic heterocycles. The molecule has 0 spiro atoms. The molecule has 11 rings (SSSR count). The Hall–Kier alpha value is -6.29. The number of carbonyl (C=O) groups is 4. The summed E-state index contributed by atoms with van der Waals surface area (Å²) < 4.78 is 10.6. The van der Waals surface area contributed by atoms with Crippen LogP contribution in [0.25, 0.3) is 22.3 Å². The number of imide groups is 1. The Labute approximate surface area is 384 Å². The summed E-state index contributed by atoms with van der Waals surface area (Å²) in [5, 5.41) is 10.3. The van der Waals surface area contributed by atoms with Crippen LogP contribution in [-0.2, 0) is 33.4 Å². The molecule has 5 aliphatic heterocycles. The highest BCUT2D eigenvalue weighted by Crippen LogP contribution is 2.49. The van der Waals surface area contributed by atoms with Crippen molar-refractivity contribution in [2.75, 3.05) is 65.9 Å². The minimum atomic E-state index is -0.799. The monoisotopic (exact) mass is 893 g/mol. The Bertz CT molecular complexity index is 2800. The number of anilines is 4. The van der Waals surface area contributed by atoms with Crippen LogP contribution in [0, 0.1) is 25.7 Å². The van der Waals surface area contributed by atoms with Gasteiger partial charge in [0, 0.05) is 93.5 Å². The third-order valence-electron chi connectivity index (χ3n) is 15.3. The molecular formula is C50H59N11O5. The summed E-state index contributed by atoms with van der Waals surface area (Å²) in [6.45, 7) is 14.6. The SMILES string of the molecule is Cc1cc2cc(n1)-c1c(C)nn(C)c1OC[C@H]1CC[C@H](C1)Cn1c(nc3ccc(N4CCN(C5CCN(c6cccc7c6C(C)(C)C(=O)N7C6CCC(=O)NC6=O)CC5)CC4)cc31)NC2=O. The van der Waals surface area contributed by atoms with Gasteiger partial charge in [-0.3, -0.25) is 44.6 Å². The lowest BCUT2D eigenvalue weighted by Crippen LogP contribution is -2.55. The van der Waals surface area contributed by atoms with Crippen LogP contribution < -0.4 is 30.1 Å². The van der Waals surface area contributed by atoms with Crippen LogP contribution in [0.2, 0.25) is 0 Å². The number of nitrogens with zero attached hydrogens (tertiary/aromatic N) is 9. The summed E-state index contributed by atoms with van der Waals surface area (Å²) in [5.74, 6) is 1.06. The molecule has 0 radical (unpaired) electrons. The molecule has 4 amide bonds. The normalized spacial score (nSPS) is 23.8. The van der Waals surface area contributed by atoms with E-state index in [1.54, 1.807) is 9.58 Å². The lowest BCUT2D eigenvalue weighted by molar-refractivity contribution is -0.136. The van der Waals surface area contributed by atoms with Gasteiger partial charge >= 0.3 is 0 Å². The van der Waals surface area contributed by atoms with Gasteiger partial charge in [-0.15, -0.1) is 0 Å². The van der Waals surface area contributed by atoms with Crippen LogP contribution in [0.5, 0.6) is 5.88 Å². The number of piperazine rings is 1. The van der Waals surface area contributed by atoms with E-state index in [9.17, 15) is 19.2 Å². The topological polar surface area (TPSA) is 163 Å². The Balaban J connectivity index is 0.788. The number of piperidine rings is 2. The lowest BCUT2D eigenvalue weighted by atomic mass is 9.84. The van der Waals surface area contributed by atoms with E-state index < -0.39 is 17.4 Å². The number of benzene rings is 2. The zero-order valence-electron chi connectivity index (χ0n) is 38.6. The zero-order chi connectivity index (χ0) is 45.6. The van der Waals surface area contributed by atoms with Crippen molar-refractivity contribution in [1.82, 2.24) is 34.5 Å². The van der Waals surface area contributed by atoms with E-state index in [1.165, 1.54) is 0 Å². The van der Waals surface area contributed by atoms with Crippen molar-refractivity contribution in [3.63, 3.8) is 0 Å². The maximum Gasteiger partial charge on any atom is 0.258 e. The Morgan fingerprint density at radius 1 is 0.803 bits per heavy atom. The summed E-state index contributed by atoms with van der Waals surface area (Å²) in [6.07, 6.45) is 5.77. The van der Waals surface area contributed by atoms with Gasteiger partial charge in [-0.2, -0.15) is 5.10 Å². The molecule has 4 fully saturated rings. The molecule has 16 heteroatoms. The number of carbonyl (C=O) groups excluding carboxylic acids is 4. The minimum absolute atomic E-state index is 0.0960. The van der Waals surface area contributed by atoms with Crippen molar-refractivity contribution in [3.05, 3.63) is 71.0 Å². The van der Waals surface area contributed by atoms with Gasteiger partial charge in [-0.05, 0) is 121 Å². The highest BCUT2D eigenvalue weighted by atomic mass is 16.5. The second-order valence-corrected chi connectivity index (χ2v) is 20.0. The average molecular weight is 894 g/mol. The molecule has 1 aliphatic carbocycles. The standard InChI is InChI=1S/C50H59N11O5/c1-29-23-33-25-37(51-29)43-30(2)55-56(5)47(43)66-28-32-10-9-31(24-32)27-60-41-26-35(11-12-36(41)52-49(60)54-45(33)63)58-21-19-57(20-22-58)34-15-17-59(18-16-34)38-7-6-8-39-44(38)50(3,4)48(65)61(39)40-13-14-42(62)53-46(40)64/h6-8,11-12,23,25-26,31-32,34,40H,9-10,13-22,24,27-28H2,1-5H3,(H,52,54,63)(H,53,62,64)/t31-,32+,40?/m1/s1. The number of pyridine rings is 1. The van der Waals surface area contributed by atoms with Gasteiger partial charge in [0.05, 0.1) is 45.7 Å². The first kappa shape index (κ1) is 42.4. The van der Waals surface area contributed by atoms with Crippen molar-refractivity contribution in [2.24, 2.45) is 18.9 Å². The van der Waals surface area contributed by atoms with Crippen LogP contribution in [0.15, 0.2) is 48.5 Å². The number of hydrogen-bond acceptors (Lipinski definition) is 11. The fourth-order valence-electron chi connectivity index (χ4n) is 11.9. The van der Waals surface area contributed by atoms with Crippen LogP contribution in [0.4, 0.5) is 23.0 Å². The highest BCUT2D eigenvalue weighted by Gasteiger charge is 2.51. The van der Waals surface area contributed by atoms with Gasteiger partial charge in [0.1, 0.15) is 6.04 Å². The first-order valence-electron chi connectivity index (χ1n) is 23.8. The Morgan fingerprint density at radius 3 is 2.36 bits per heavy atom. The number of fused-ring (bicyclic) bond motifs is 10. The van der Waals surface area contributed by atoms with Gasteiger partial charge in [0.2, 0.25) is 29.5 Å². The van der Waals surface area contributed by atoms with E-state index >= 15 is 0 Å². The molecule has 3 saturated heterocycles. The molecule has 3 atom stereocenters. The van der Waals surface area contributed by atoms with Crippen molar-refractivity contribution in [2.45, 2.75) is 96.7 Å². The van der Waals surface area contributed by atoms with E-state index in [-0.39, 0.29) is 24.1 Å². The molecule has 16 nitrogen and oxygen atoms in total. The number of imidazole rings is 1. The Kier molecular flexibility index (Phi) is 10.4. The Morgan fingerprint density at radius 2 is 1.58 bits per heavy atom. The number of aromatic nitrogens is 5. The number of rotatable bonds is 4. The van der Waals surface area contributed by atoms with E-state index in [0.29, 0.717) is 54.0 Å². The lowest BCUT2D eigenvalue weighted by Gasteiger charge is -2.44. The number of nitrogens with one attached hydrogen (secondary N) is 2. The second-order valence-electron chi connectivity index (χ2n) is 20.0. The fourth-order valence-corrected chi connectivity index (χ4v) is 11.9. The van der Waals surface area contributed by atoms with Crippen LogP contribution in [0.1, 0.15) is 86.1 Å². The highest BCUT2D eigenvalue weighted by molar-refractivity contribution is 6.15. The first-order valence-corrected chi connectivity index (χ1v) is 23.8. The van der Waals surface area contributed by atoms with E-state index in [0.717, 1.165) is 129 Å². The predicted octanol–water partition coefficient (Wildman–Crippen LogP) is 5.73. The minimum Gasteiger partial charge on any atom is -0.477 e. The molecule has 1 saturated carbocycles. The van der Waals surface area contributed by atoms with Gasteiger partial charge in [0.15, 0.2) is 0 Å². The van der Waals surface area contributed by atoms with Crippen molar-refractivity contribution >= 4 is 57.7 Å². The fraction of sp³-hybridized carbons (Fsp3) is 0.500. The summed E-state index contributed by atoms with van der Waals surface area (Å²) in [6, 6.07) is 16.0. The van der Waals surface area contributed by atoms with Crippen LogP contribution in [0.3, 0.4) is 0 Å². The molecule has 2 aromatic carbocycles.